The van der Waals surface area contributed by atoms with E-state index in [0.717, 1.165) is 0 Å². The van der Waals surface area contributed by atoms with Gasteiger partial charge < -0.3 is 9.84 Å². The third-order valence-corrected chi connectivity index (χ3v) is 0.701. The largest absolute Gasteiger partial charge is 0.387 e. The Labute approximate surface area is 52.4 Å². The van der Waals surface area contributed by atoms with Gasteiger partial charge in [-0.15, -0.1) is 0 Å². The first kappa shape index (κ1) is 8.78. The number of aliphatic hydroxyl groups excluding tert-OH is 1. The van der Waals surface area contributed by atoms with E-state index in [1.54, 1.807) is 6.92 Å². The van der Waals surface area contributed by atoms with Crippen molar-refractivity contribution in [3.63, 3.8) is 0 Å². The molecule has 0 fully saturated rings. The van der Waals surface area contributed by atoms with Crippen molar-refractivity contribution in [3.05, 3.63) is 0 Å². The second kappa shape index (κ2) is 3.74. The van der Waals surface area contributed by atoms with Gasteiger partial charge in [0.1, 0.15) is 6.61 Å². The van der Waals surface area contributed by atoms with Crippen LogP contribution in [0, 0.1) is 0 Å². The lowest BCUT2D eigenvalue weighted by Crippen LogP contribution is -2.25. The molecule has 0 bridgehead atoms. The van der Waals surface area contributed by atoms with Crippen LogP contribution in [-0.2, 0) is 4.74 Å². The molecule has 1 N–H and O–H groups in total. The van der Waals surface area contributed by atoms with Crippen LogP contribution in [0.3, 0.4) is 0 Å². The topological polar surface area (TPSA) is 29.5 Å². The molecule has 0 aromatic heterocycles. The molecule has 0 rings (SSSR count). The molecule has 0 spiro atoms. The highest BCUT2D eigenvalue weighted by Gasteiger charge is 2.27. The Balaban J connectivity index is 3.33. The van der Waals surface area contributed by atoms with Crippen LogP contribution in [0.15, 0.2) is 0 Å². The van der Waals surface area contributed by atoms with E-state index in [0.29, 0.717) is 6.42 Å². The quantitative estimate of drug-likeness (QED) is 0.631. The molecule has 0 aliphatic carbocycles. The third-order valence-electron chi connectivity index (χ3n) is 0.701. The molecule has 0 unspecified atom stereocenters. The maximum absolute atomic E-state index is 11.9. The van der Waals surface area contributed by atoms with Crippen molar-refractivity contribution in [2.75, 3.05) is 13.2 Å². The lowest BCUT2D eigenvalue weighted by Gasteiger charge is -2.12. The molecule has 4 heteroatoms. The van der Waals surface area contributed by atoms with Crippen molar-refractivity contribution < 1.29 is 18.6 Å². The van der Waals surface area contributed by atoms with E-state index in [1.165, 1.54) is 0 Å². The standard InChI is InChI=1S/C5H10F2O2/c1-2-3-9-5(6,7)4-8/h8H,2-4H2,1H3. The first-order valence-electron chi connectivity index (χ1n) is 2.75. The van der Waals surface area contributed by atoms with Gasteiger partial charge in [0, 0.05) is 0 Å². The molecule has 0 aromatic carbocycles. The molecular weight excluding hydrogens is 130 g/mol. The molecule has 0 aliphatic heterocycles. The van der Waals surface area contributed by atoms with E-state index in [1.807, 2.05) is 0 Å². The molecule has 0 saturated heterocycles. The fourth-order valence-electron chi connectivity index (χ4n) is 0.297. The predicted molar refractivity (Wildman–Crippen MR) is 28.3 cm³/mol. The highest BCUT2D eigenvalue weighted by atomic mass is 19.3. The summed E-state index contributed by atoms with van der Waals surface area (Å²) in [6, 6.07) is 0. The Morgan fingerprint density at radius 3 is 2.44 bits per heavy atom. The summed E-state index contributed by atoms with van der Waals surface area (Å²) in [7, 11) is 0. The van der Waals surface area contributed by atoms with E-state index in [4.69, 9.17) is 5.11 Å². The van der Waals surface area contributed by atoms with Crippen LogP contribution in [0.5, 0.6) is 0 Å². The Morgan fingerprint density at radius 1 is 1.56 bits per heavy atom. The second-order valence-corrected chi connectivity index (χ2v) is 1.64. The molecule has 0 atom stereocenters. The van der Waals surface area contributed by atoms with Crippen molar-refractivity contribution in [3.8, 4) is 0 Å². The van der Waals surface area contributed by atoms with Gasteiger partial charge in [-0.05, 0) is 6.42 Å². The summed E-state index contributed by atoms with van der Waals surface area (Å²) in [5, 5.41) is 7.95. The zero-order valence-electron chi connectivity index (χ0n) is 5.23. The van der Waals surface area contributed by atoms with Gasteiger partial charge in [-0.25, -0.2) is 0 Å². The first-order chi connectivity index (χ1) is 4.12. The van der Waals surface area contributed by atoms with E-state index in [2.05, 4.69) is 4.74 Å². The van der Waals surface area contributed by atoms with E-state index >= 15 is 0 Å². The maximum atomic E-state index is 11.9. The molecule has 0 aromatic rings. The summed E-state index contributed by atoms with van der Waals surface area (Å²) in [5.74, 6) is 0. The summed E-state index contributed by atoms with van der Waals surface area (Å²) >= 11 is 0. The molecule has 0 aliphatic rings. The van der Waals surface area contributed by atoms with Crippen molar-refractivity contribution in [1.29, 1.82) is 0 Å². The summed E-state index contributed by atoms with van der Waals surface area (Å²) in [6.07, 6.45) is -2.83. The Bertz CT molecular complexity index is 75.4. The summed E-state index contributed by atoms with van der Waals surface area (Å²) < 4.78 is 27.7. The first-order valence-corrected chi connectivity index (χ1v) is 2.75. The van der Waals surface area contributed by atoms with Crippen molar-refractivity contribution in [2.24, 2.45) is 0 Å². The van der Waals surface area contributed by atoms with Gasteiger partial charge in [0.2, 0.25) is 0 Å². The Morgan fingerprint density at radius 2 is 2.11 bits per heavy atom. The number of rotatable bonds is 4. The van der Waals surface area contributed by atoms with Crippen molar-refractivity contribution in [2.45, 2.75) is 19.5 Å². The lowest BCUT2D eigenvalue weighted by molar-refractivity contribution is -0.256. The van der Waals surface area contributed by atoms with Crippen LogP contribution in [0.25, 0.3) is 0 Å². The highest BCUT2D eigenvalue weighted by Crippen LogP contribution is 2.13. The monoisotopic (exact) mass is 140 g/mol. The molecular formula is C5H10F2O2. The molecule has 0 heterocycles. The molecule has 9 heavy (non-hydrogen) atoms. The smallest absolute Gasteiger partial charge is 0.378 e. The minimum atomic E-state index is -3.35. The van der Waals surface area contributed by atoms with Crippen LogP contribution in [0.4, 0.5) is 8.78 Å². The summed E-state index contributed by atoms with van der Waals surface area (Å²) in [6.45, 7) is 0.452. The number of halogens is 2. The van der Waals surface area contributed by atoms with Crippen molar-refractivity contribution in [1.82, 2.24) is 0 Å². The number of alkyl halides is 2. The number of aliphatic hydroxyl groups is 1. The van der Waals surface area contributed by atoms with Gasteiger partial charge in [-0.3, -0.25) is 0 Å². The fourth-order valence-corrected chi connectivity index (χ4v) is 0.297. The molecule has 0 radical (unpaired) electrons. The molecule has 2 nitrogen and oxygen atoms in total. The normalized spacial score (nSPS) is 12.0. The minimum Gasteiger partial charge on any atom is -0.387 e. The average Bonchev–Trinajstić information content (AvgIpc) is 1.84. The van der Waals surface area contributed by atoms with E-state index in [9.17, 15) is 8.78 Å². The fraction of sp³-hybridized carbons (Fsp3) is 1.00. The van der Waals surface area contributed by atoms with E-state index in [-0.39, 0.29) is 6.61 Å². The minimum absolute atomic E-state index is 0.0203. The van der Waals surface area contributed by atoms with Gasteiger partial charge in [-0.1, -0.05) is 6.92 Å². The summed E-state index contributed by atoms with van der Waals surface area (Å²) in [5.41, 5.74) is 0. The van der Waals surface area contributed by atoms with Crippen molar-refractivity contribution >= 4 is 0 Å². The van der Waals surface area contributed by atoms with Gasteiger partial charge in [-0.2, -0.15) is 8.78 Å². The Hall–Kier alpha value is -0.220. The van der Waals surface area contributed by atoms with Crippen LogP contribution >= 0.6 is 0 Å². The van der Waals surface area contributed by atoms with Gasteiger partial charge in [0.25, 0.3) is 0 Å². The summed E-state index contributed by atoms with van der Waals surface area (Å²) in [4.78, 5) is 0. The van der Waals surface area contributed by atoms with Crippen LogP contribution in [-0.4, -0.2) is 24.4 Å². The number of hydrogen-bond donors (Lipinski definition) is 1. The average molecular weight is 140 g/mol. The third kappa shape index (κ3) is 4.29. The Kier molecular flexibility index (Phi) is 3.65. The molecule has 0 amide bonds. The molecule has 56 valence electrons. The SMILES string of the molecule is CCCOC(F)(F)CO. The number of ether oxygens (including phenoxy) is 1. The predicted octanol–water partition coefficient (Wildman–Crippen LogP) is 0.998. The van der Waals surface area contributed by atoms with Crippen LogP contribution in [0.2, 0.25) is 0 Å². The zero-order chi connectivity index (χ0) is 7.33. The van der Waals surface area contributed by atoms with Gasteiger partial charge in [0.15, 0.2) is 0 Å². The van der Waals surface area contributed by atoms with E-state index < -0.39 is 12.7 Å². The lowest BCUT2D eigenvalue weighted by atomic mass is 10.5. The van der Waals surface area contributed by atoms with Crippen LogP contribution in [0.1, 0.15) is 13.3 Å². The zero-order valence-corrected chi connectivity index (χ0v) is 5.23. The van der Waals surface area contributed by atoms with Crippen LogP contribution < -0.4 is 0 Å². The highest BCUT2D eigenvalue weighted by molar-refractivity contribution is 4.46. The number of hydrogen-bond acceptors (Lipinski definition) is 2. The molecule has 0 saturated carbocycles. The second-order valence-electron chi connectivity index (χ2n) is 1.64. The van der Waals surface area contributed by atoms with Gasteiger partial charge >= 0.3 is 6.11 Å². The maximum Gasteiger partial charge on any atom is 0.378 e. The van der Waals surface area contributed by atoms with Gasteiger partial charge in [0.05, 0.1) is 6.61 Å².